The third-order valence-corrected chi connectivity index (χ3v) is 12.8. The largest absolute Gasteiger partial charge is 1.00 e. The van der Waals surface area contributed by atoms with Gasteiger partial charge in [0.05, 0.1) is 0 Å². The minimum atomic E-state index is -2.28. The summed E-state index contributed by atoms with van der Waals surface area (Å²) in [5.74, 6) is 0.271. The fourth-order valence-electron chi connectivity index (χ4n) is 6.18. The number of rotatable bonds is 5. The molecular formula is C38H27Br2O2P. The Labute approximate surface area is 270 Å². The van der Waals surface area contributed by atoms with Crippen LogP contribution in [0.4, 0.5) is 0 Å². The Morgan fingerprint density at radius 3 is 1.30 bits per heavy atom. The third-order valence-electron chi connectivity index (χ3n) is 8.01. The topological polar surface area (TPSA) is 40.5 Å². The molecule has 210 valence electrons. The van der Waals surface area contributed by atoms with Crippen LogP contribution >= 0.6 is 23.2 Å². The normalized spacial score (nSPS) is 11.4. The highest BCUT2D eigenvalue weighted by Gasteiger charge is 2.47. The molecule has 0 atom stereocenters. The SMILES string of the molecule is Oc1ccc2cc(Br)ccc2c1-c1c(O)ccc2cc([P+](c3ccccc3)(c3ccccc3)c3ccccc3)ccc12.[Br-]. The summed E-state index contributed by atoms with van der Waals surface area (Å²) in [6.45, 7) is 0. The monoisotopic (exact) mass is 704 g/mol. The minimum Gasteiger partial charge on any atom is -1.00 e. The maximum absolute atomic E-state index is 11.3. The smallest absolute Gasteiger partial charge is 0.144 e. The van der Waals surface area contributed by atoms with E-state index in [9.17, 15) is 10.2 Å². The van der Waals surface area contributed by atoms with E-state index in [2.05, 4.69) is 125 Å². The van der Waals surface area contributed by atoms with Crippen molar-refractivity contribution >= 4 is 66.0 Å². The van der Waals surface area contributed by atoms with Crippen molar-refractivity contribution in [2.75, 3.05) is 0 Å². The zero-order valence-electron chi connectivity index (χ0n) is 23.0. The van der Waals surface area contributed by atoms with Crippen LogP contribution in [0.3, 0.4) is 0 Å². The van der Waals surface area contributed by atoms with E-state index in [0.29, 0.717) is 11.1 Å². The Bertz CT molecular complexity index is 1970. The lowest BCUT2D eigenvalue weighted by atomic mass is 9.92. The van der Waals surface area contributed by atoms with Crippen LogP contribution in [0.5, 0.6) is 11.5 Å². The highest BCUT2D eigenvalue weighted by molar-refractivity contribution is 9.10. The molecule has 0 saturated carbocycles. The molecule has 0 amide bonds. The van der Waals surface area contributed by atoms with Crippen LogP contribution in [0.1, 0.15) is 0 Å². The van der Waals surface area contributed by atoms with Gasteiger partial charge in [0.15, 0.2) is 0 Å². The van der Waals surface area contributed by atoms with Crippen LogP contribution in [-0.2, 0) is 0 Å². The van der Waals surface area contributed by atoms with Gasteiger partial charge in [0.25, 0.3) is 0 Å². The van der Waals surface area contributed by atoms with Crippen LogP contribution < -0.4 is 38.2 Å². The zero-order valence-corrected chi connectivity index (χ0v) is 27.1. The number of fused-ring (bicyclic) bond motifs is 2. The molecule has 0 saturated heterocycles. The quantitative estimate of drug-likeness (QED) is 0.234. The van der Waals surface area contributed by atoms with Gasteiger partial charge in [0.2, 0.25) is 0 Å². The lowest BCUT2D eigenvalue weighted by Gasteiger charge is -2.28. The number of hydrogen-bond acceptors (Lipinski definition) is 2. The van der Waals surface area contributed by atoms with Crippen LogP contribution in [0, 0.1) is 0 Å². The molecule has 0 heterocycles. The first-order chi connectivity index (χ1) is 20.6. The van der Waals surface area contributed by atoms with E-state index in [1.165, 1.54) is 21.2 Å². The fraction of sp³-hybridized carbons (Fsp3) is 0. The van der Waals surface area contributed by atoms with Gasteiger partial charge >= 0.3 is 0 Å². The molecule has 0 spiro atoms. The lowest BCUT2D eigenvalue weighted by molar-refractivity contribution is -0.00000970. The van der Waals surface area contributed by atoms with Gasteiger partial charge < -0.3 is 27.2 Å². The van der Waals surface area contributed by atoms with Crippen molar-refractivity contribution in [2.24, 2.45) is 0 Å². The van der Waals surface area contributed by atoms with Gasteiger partial charge in [-0.25, -0.2) is 0 Å². The van der Waals surface area contributed by atoms with Gasteiger partial charge in [-0.3, -0.25) is 0 Å². The molecule has 0 aliphatic carbocycles. The van der Waals surface area contributed by atoms with E-state index in [0.717, 1.165) is 26.0 Å². The Balaban J connectivity index is 0.00000329. The predicted octanol–water partition coefficient (Wildman–Crippen LogP) is 5.46. The second-order valence-electron chi connectivity index (χ2n) is 10.4. The Hall–Kier alpha value is -3.95. The molecule has 2 nitrogen and oxygen atoms in total. The maximum Gasteiger partial charge on any atom is 0.144 e. The van der Waals surface area contributed by atoms with Crippen molar-refractivity contribution in [1.29, 1.82) is 0 Å². The van der Waals surface area contributed by atoms with Crippen molar-refractivity contribution in [2.45, 2.75) is 0 Å². The first kappa shape index (κ1) is 29.1. The molecule has 0 unspecified atom stereocenters. The summed E-state index contributed by atoms with van der Waals surface area (Å²) in [5, 5.41) is 31.2. The van der Waals surface area contributed by atoms with Crippen LogP contribution in [0.15, 0.2) is 156 Å². The second kappa shape index (κ2) is 12.0. The fourth-order valence-corrected chi connectivity index (χ4v) is 10.8. The van der Waals surface area contributed by atoms with E-state index in [-0.39, 0.29) is 28.5 Å². The molecule has 0 aliphatic heterocycles. The second-order valence-corrected chi connectivity index (χ2v) is 14.7. The molecule has 43 heavy (non-hydrogen) atoms. The number of phenolic OH excluding ortho intramolecular Hbond substituents is 2. The van der Waals surface area contributed by atoms with Gasteiger partial charge in [-0.05, 0) is 100 Å². The molecular weight excluding hydrogens is 679 g/mol. The summed E-state index contributed by atoms with van der Waals surface area (Å²) >= 11 is 3.56. The molecule has 7 rings (SSSR count). The molecule has 2 N–H and O–H groups in total. The molecule has 0 aromatic heterocycles. The number of phenols is 2. The van der Waals surface area contributed by atoms with Crippen LogP contribution in [-0.4, -0.2) is 10.2 Å². The first-order valence-electron chi connectivity index (χ1n) is 13.8. The Kier molecular flexibility index (Phi) is 8.11. The maximum atomic E-state index is 11.3. The molecule has 0 bridgehead atoms. The molecule has 7 aromatic rings. The molecule has 0 radical (unpaired) electrons. The summed E-state index contributed by atoms with van der Waals surface area (Å²) in [5.41, 5.74) is 1.26. The van der Waals surface area contributed by atoms with E-state index in [1.54, 1.807) is 12.1 Å². The lowest BCUT2D eigenvalue weighted by Crippen LogP contribution is -3.00. The zero-order chi connectivity index (χ0) is 28.7. The van der Waals surface area contributed by atoms with Crippen LogP contribution in [0.2, 0.25) is 0 Å². The summed E-state index contributed by atoms with van der Waals surface area (Å²) in [6, 6.07) is 52.3. The minimum absolute atomic E-state index is 0. The average molecular weight is 706 g/mol. The number of benzene rings is 7. The number of halogens is 2. The van der Waals surface area contributed by atoms with Crippen molar-refractivity contribution in [3.8, 4) is 22.6 Å². The van der Waals surface area contributed by atoms with Crippen molar-refractivity contribution < 1.29 is 27.2 Å². The third kappa shape index (κ3) is 4.94. The summed E-state index contributed by atoms with van der Waals surface area (Å²) in [4.78, 5) is 0. The van der Waals surface area contributed by atoms with Crippen molar-refractivity contribution in [1.82, 2.24) is 0 Å². The highest BCUT2D eigenvalue weighted by Crippen LogP contribution is 2.55. The van der Waals surface area contributed by atoms with Gasteiger partial charge in [-0.2, -0.15) is 0 Å². The van der Waals surface area contributed by atoms with E-state index >= 15 is 0 Å². The summed E-state index contributed by atoms with van der Waals surface area (Å²) < 4.78 is 0.960. The molecule has 0 aliphatic rings. The standard InChI is InChI=1S/C38H26BrO2P.BrH/c39-28-18-20-33-26(24-28)16-22-35(40)37(33)38-34-21-19-32(25-27(34)17-23-36(38)41)42(29-10-4-1-5-11-29,30-12-6-2-7-13-30)31-14-8-3-9-15-31;/h1-25H,(H-,40,41);1H. The van der Waals surface area contributed by atoms with Gasteiger partial charge in [0.1, 0.15) is 40.0 Å². The Morgan fingerprint density at radius 2 is 0.837 bits per heavy atom. The van der Waals surface area contributed by atoms with Gasteiger partial charge in [0, 0.05) is 15.6 Å². The van der Waals surface area contributed by atoms with E-state index in [1.807, 2.05) is 30.3 Å². The summed E-state index contributed by atoms with van der Waals surface area (Å²) in [7, 11) is -2.28. The van der Waals surface area contributed by atoms with Gasteiger partial charge in [-0.15, -0.1) is 0 Å². The molecule has 7 aromatic carbocycles. The van der Waals surface area contributed by atoms with Crippen molar-refractivity contribution in [3.63, 3.8) is 0 Å². The van der Waals surface area contributed by atoms with Gasteiger partial charge in [-0.1, -0.05) is 88.7 Å². The first-order valence-corrected chi connectivity index (χ1v) is 16.4. The number of hydrogen-bond donors (Lipinski definition) is 2. The average Bonchev–Trinajstić information content (AvgIpc) is 3.04. The summed E-state index contributed by atoms with van der Waals surface area (Å²) in [6.07, 6.45) is 0. The van der Waals surface area contributed by atoms with Crippen LogP contribution in [0.25, 0.3) is 32.7 Å². The van der Waals surface area contributed by atoms with Crippen molar-refractivity contribution in [3.05, 3.63) is 156 Å². The molecule has 5 heteroatoms. The highest BCUT2D eigenvalue weighted by atomic mass is 79.9. The Morgan fingerprint density at radius 1 is 0.419 bits per heavy atom. The number of aromatic hydroxyl groups is 2. The van der Waals surface area contributed by atoms with E-state index < -0.39 is 7.26 Å². The van der Waals surface area contributed by atoms with E-state index in [4.69, 9.17) is 0 Å². The predicted molar refractivity (Wildman–Crippen MR) is 183 cm³/mol. The molecule has 0 fully saturated rings.